The SMILES string of the molecule is CCC(NCc1ccc(Br)c(C)c1)c1ccc(Cl)cc1. The van der Waals surface area contributed by atoms with Crippen molar-refractivity contribution in [2.75, 3.05) is 0 Å². The molecule has 0 fully saturated rings. The van der Waals surface area contributed by atoms with E-state index in [0.29, 0.717) is 6.04 Å². The summed E-state index contributed by atoms with van der Waals surface area (Å²) in [6.07, 6.45) is 1.05. The molecule has 2 rings (SSSR count). The maximum atomic E-state index is 5.94. The lowest BCUT2D eigenvalue weighted by molar-refractivity contribution is 0.519. The fraction of sp³-hybridized carbons (Fsp3) is 0.294. The molecule has 3 heteroatoms. The second-order valence-electron chi connectivity index (χ2n) is 4.98. The molecule has 0 amide bonds. The van der Waals surface area contributed by atoms with E-state index in [1.54, 1.807) is 0 Å². The van der Waals surface area contributed by atoms with Gasteiger partial charge >= 0.3 is 0 Å². The van der Waals surface area contributed by atoms with Gasteiger partial charge in [-0.25, -0.2) is 0 Å². The highest BCUT2D eigenvalue weighted by Gasteiger charge is 2.08. The number of halogens is 2. The van der Waals surface area contributed by atoms with Gasteiger partial charge in [-0.05, 0) is 48.2 Å². The van der Waals surface area contributed by atoms with Gasteiger partial charge in [0.2, 0.25) is 0 Å². The minimum Gasteiger partial charge on any atom is -0.306 e. The zero-order valence-corrected chi connectivity index (χ0v) is 14.1. The van der Waals surface area contributed by atoms with Crippen molar-refractivity contribution in [1.29, 1.82) is 0 Å². The van der Waals surface area contributed by atoms with Crippen LogP contribution in [0.1, 0.15) is 36.1 Å². The molecule has 0 aliphatic rings. The summed E-state index contributed by atoms with van der Waals surface area (Å²) in [5, 5.41) is 4.39. The number of benzene rings is 2. The van der Waals surface area contributed by atoms with E-state index in [0.717, 1.165) is 22.5 Å². The van der Waals surface area contributed by atoms with Crippen LogP contribution in [0.5, 0.6) is 0 Å². The quantitative estimate of drug-likeness (QED) is 0.733. The summed E-state index contributed by atoms with van der Waals surface area (Å²) in [6.45, 7) is 5.18. The molecule has 20 heavy (non-hydrogen) atoms. The minimum absolute atomic E-state index is 0.358. The summed E-state index contributed by atoms with van der Waals surface area (Å²) in [4.78, 5) is 0. The Morgan fingerprint density at radius 1 is 1.15 bits per heavy atom. The van der Waals surface area contributed by atoms with Crippen LogP contribution in [0.4, 0.5) is 0 Å². The van der Waals surface area contributed by atoms with E-state index in [2.05, 4.69) is 65.4 Å². The van der Waals surface area contributed by atoms with Crippen LogP contribution in [0.25, 0.3) is 0 Å². The van der Waals surface area contributed by atoms with E-state index in [4.69, 9.17) is 11.6 Å². The van der Waals surface area contributed by atoms with Gasteiger partial charge in [-0.3, -0.25) is 0 Å². The number of hydrogen-bond donors (Lipinski definition) is 1. The highest BCUT2D eigenvalue weighted by molar-refractivity contribution is 9.10. The van der Waals surface area contributed by atoms with Crippen molar-refractivity contribution in [3.63, 3.8) is 0 Å². The largest absolute Gasteiger partial charge is 0.306 e. The summed E-state index contributed by atoms with van der Waals surface area (Å²) < 4.78 is 1.16. The first-order chi connectivity index (χ1) is 9.60. The molecule has 0 aromatic heterocycles. The van der Waals surface area contributed by atoms with E-state index in [9.17, 15) is 0 Å². The smallest absolute Gasteiger partial charge is 0.0406 e. The van der Waals surface area contributed by atoms with Crippen LogP contribution in [0.2, 0.25) is 5.02 Å². The molecule has 0 aliphatic heterocycles. The van der Waals surface area contributed by atoms with E-state index in [1.807, 2.05) is 12.1 Å². The molecule has 1 nitrogen and oxygen atoms in total. The monoisotopic (exact) mass is 351 g/mol. The summed E-state index contributed by atoms with van der Waals surface area (Å²) in [5.41, 5.74) is 3.85. The van der Waals surface area contributed by atoms with Crippen molar-refractivity contribution in [3.05, 3.63) is 68.7 Å². The summed E-state index contributed by atoms with van der Waals surface area (Å²) in [5.74, 6) is 0. The number of aryl methyl sites for hydroxylation is 1. The number of rotatable bonds is 5. The molecule has 2 aromatic rings. The third kappa shape index (κ3) is 4.08. The molecular formula is C17H19BrClN. The lowest BCUT2D eigenvalue weighted by Crippen LogP contribution is -2.20. The van der Waals surface area contributed by atoms with Crippen molar-refractivity contribution < 1.29 is 0 Å². The van der Waals surface area contributed by atoms with Crippen LogP contribution in [0.15, 0.2) is 46.9 Å². The lowest BCUT2D eigenvalue weighted by Gasteiger charge is -2.18. The van der Waals surface area contributed by atoms with E-state index < -0.39 is 0 Å². The molecule has 0 spiro atoms. The molecule has 0 saturated heterocycles. The Labute approximate surface area is 134 Å². The van der Waals surface area contributed by atoms with Crippen molar-refractivity contribution in [2.45, 2.75) is 32.9 Å². The molecule has 1 atom stereocenters. The van der Waals surface area contributed by atoms with Gasteiger partial charge in [0.15, 0.2) is 0 Å². The van der Waals surface area contributed by atoms with Crippen molar-refractivity contribution in [1.82, 2.24) is 5.32 Å². The fourth-order valence-electron chi connectivity index (χ4n) is 2.25. The minimum atomic E-state index is 0.358. The van der Waals surface area contributed by atoms with E-state index >= 15 is 0 Å². The lowest BCUT2D eigenvalue weighted by atomic mass is 10.0. The van der Waals surface area contributed by atoms with Gasteiger partial charge in [-0.15, -0.1) is 0 Å². The van der Waals surface area contributed by atoms with Gasteiger partial charge in [-0.2, -0.15) is 0 Å². The molecule has 0 radical (unpaired) electrons. The van der Waals surface area contributed by atoms with Crippen LogP contribution in [0, 0.1) is 6.92 Å². The molecule has 0 aliphatic carbocycles. The number of nitrogens with one attached hydrogen (secondary N) is 1. The molecule has 1 unspecified atom stereocenters. The highest BCUT2D eigenvalue weighted by Crippen LogP contribution is 2.21. The Morgan fingerprint density at radius 2 is 1.85 bits per heavy atom. The third-order valence-corrected chi connectivity index (χ3v) is 4.60. The van der Waals surface area contributed by atoms with Crippen molar-refractivity contribution in [2.24, 2.45) is 0 Å². The maximum absolute atomic E-state index is 5.94. The first-order valence-electron chi connectivity index (χ1n) is 6.84. The summed E-state index contributed by atoms with van der Waals surface area (Å²) in [6, 6.07) is 14.9. The van der Waals surface area contributed by atoms with Gasteiger partial charge in [0.05, 0.1) is 0 Å². The van der Waals surface area contributed by atoms with Gasteiger partial charge in [0.25, 0.3) is 0 Å². The maximum Gasteiger partial charge on any atom is 0.0406 e. The van der Waals surface area contributed by atoms with Crippen LogP contribution < -0.4 is 5.32 Å². The van der Waals surface area contributed by atoms with Gasteiger partial charge in [-0.1, -0.05) is 58.7 Å². The summed E-state index contributed by atoms with van der Waals surface area (Å²) >= 11 is 9.47. The highest BCUT2D eigenvalue weighted by atomic mass is 79.9. The predicted molar refractivity (Wildman–Crippen MR) is 90.2 cm³/mol. The Kier molecular flexibility index (Phi) is 5.64. The Hall–Kier alpha value is -0.830. The van der Waals surface area contributed by atoms with E-state index in [1.165, 1.54) is 16.7 Å². The fourth-order valence-corrected chi connectivity index (χ4v) is 2.62. The first kappa shape index (κ1) is 15.6. The first-order valence-corrected chi connectivity index (χ1v) is 8.01. The molecule has 2 aromatic carbocycles. The van der Waals surface area contributed by atoms with Gasteiger partial charge < -0.3 is 5.32 Å². The predicted octanol–water partition coefficient (Wildman–Crippen LogP) is 5.65. The molecule has 1 N–H and O–H groups in total. The average molecular weight is 353 g/mol. The standard InChI is InChI=1S/C17H19BrClN/c1-3-17(14-5-7-15(19)8-6-14)20-11-13-4-9-16(18)12(2)10-13/h4-10,17,20H,3,11H2,1-2H3. The van der Waals surface area contributed by atoms with Crippen LogP contribution in [-0.4, -0.2) is 0 Å². The zero-order chi connectivity index (χ0) is 14.5. The average Bonchev–Trinajstić information content (AvgIpc) is 2.45. The molecule has 0 saturated carbocycles. The van der Waals surface area contributed by atoms with Crippen LogP contribution >= 0.6 is 27.5 Å². The Bertz CT molecular complexity index is 566. The molecule has 0 bridgehead atoms. The van der Waals surface area contributed by atoms with Crippen LogP contribution in [0.3, 0.4) is 0 Å². The molecule has 0 heterocycles. The second-order valence-corrected chi connectivity index (χ2v) is 6.27. The van der Waals surface area contributed by atoms with E-state index in [-0.39, 0.29) is 0 Å². The van der Waals surface area contributed by atoms with Gasteiger partial charge in [0, 0.05) is 22.1 Å². The third-order valence-electron chi connectivity index (χ3n) is 3.46. The Balaban J connectivity index is 2.03. The Morgan fingerprint density at radius 3 is 2.45 bits per heavy atom. The van der Waals surface area contributed by atoms with Crippen molar-refractivity contribution >= 4 is 27.5 Å². The molecule has 106 valence electrons. The van der Waals surface area contributed by atoms with Gasteiger partial charge in [0.1, 0.15) is 0 Å². The summed E-state index contributed by atoms with van der Waals surface area (Å²) in [7, 11) is 0. The topological polar surface area (TPSA) is 12.0 Å². The second kappa shape index (κ2) is 7.26. The zero-order valence-electron chi connectivity index (χ0n) is 11.8. The van der Waals surface area contributed by atoms with Crippen LogP contribution in [-0.2, 0) is 6.54 Å². The number of hydrogen-bond acceptors (Lipinski definition) is 1. The van der Waals surface area contributed by atoms with Crippen molar-refractivity contribution in [3.8, 4) is 0 Å². The molecular weight excluding hydrogens is 334 g/mol. The normalized spacial score (nSPS) is 12.4.